The Morgan fingerprint density at radius 2 is 2.00 bits per heavy atom. The van der Waals surface area contributed by atoms with E-state index in [1.54, 1.807) is 6.33 Å². The highest BCUT2D eigenvalue weighted by Gasteiger charge is 2.45. The monoisotopic (exact) mass is 319 g/mol. The SMILES string of the molecule is Cc1cccc2c1C1(CCNCC1)CN2c1ncnc2[nH]ccc12. The summed E-state index contributed by atoms with van der Waals surface area (Å²) in [6, 6.07) is 8.74. The molecule has 4 heterocycles. The lowest BCUT2D eigenvalue weighted by Gasteiger charge is -2.35. The fraction of sp³-hybridized carbons (Fsp3) is 0.368. The van der Waals surface area contributed by atoms with Crippen molar-refractivity contribution in [2.75, 3.05) is 24.5 Å². The molecular formula is C19H21N5. The van der Waals surface area contributed by atoms with E-state index in [2.05, 4.69) is 56.4 Å². The van der Waals surface area contributed by atoms with Crippen molar-refractivity contribution in [1.82, 2.24) is 20.3 Å². The molecule has 2 aliphatic heterocycles. The van der Waals surface area contributed by atoms with Crippen LogP contribution in [0, 0.1) is 6.92 Å². The van der Waals surface area contributed by atoms with Gasteiger partial charge in [-0.3, -0.25) is 0 Å². The second-order valence-corrected chi connectivity index (χ2v) is 7.02. The molecule has 1 spiro atoms. The highest BCUT2D eigenvalue weighted by molar-refractivity contribution is 5.91. The Bertz CT molecular complexity index is 907. The van der Waals surface area contributed by atoms with Gasteiger partial charge in [0.2, 0.25) is 0 Å². The van der Waals surface area contributed by atoms with Crippen LogP contribution in [-0.2, 0) is 5.41 Å². The molecular weight excluding hydrogens is 298 g/mol. The summed E-state index contributed by atoms with van der Waals surface area (Å²) in [7, 11) is 0. The number of aryl methyl sites for hydroxylation is 1. The summed E-state index contributed by atoms with van der Waals surface area (Å²) in [4.78, 5) is 14.6. The molecule has 3 aromatic rings. The smallest absolute Gasteiger partial charge is 0.145 e. The minimum atomic E-state index is 0.236. The van der Waals surface area contributed by atoms with Crippen molar-refractivity contribution in [2.45, 2.75) is 25.2 Å². The highest BCUT2D eigenvalue weighted by atomic mass is 15.2. The third-order valence-corrected chi connectivity index (χ3v) is 5.68. The predicted octanol–water partition coefficient (Wildman–Crippen LogP) is 3.04. The van der Waals surface area contributed by atoms with Gasteiger partial charge in [-0.25, -0.2) is 9.97 Å². The van der Waals surface area contributed by atoms with E-state index in [-0.39, 0.29) is 5.41 Å². The number of H-pyrrole nitrogens is 1. The van der Waals surface area contributed by atoms with Gasteiger partial charge in [0.15, 0.2) is 0 Å². The van der Waals surface area contributed by atoms with Crippen LogP contribution in [0.5, 0.6) is 0 Å². The number of rotatable bonds is 1. The Balaban J connectivity index is 1.72. The third-order valence-electron chi connectivity index (χ3n) is 5.68. The zero-order valence-corrected chi connectivity index (χ0v) is 13.8. The normalized spacial score (nSPS) is 19.1. The summed E-state index contributed by atoms with van der Waals surface area (Å²) >= 11 is 0. The van der Waals surface area contributed by atoms with E-state index in [1.165, 1.54) is 29.7 Å². The van der Waals surface area contributed by atoms with Gasteiger partial charge in [0.25, 0.3) is 0 Å². The van der Waals surface area contributed by atoms with Gasteiger partial charge in [-0.2, -0.15) is 0 Å². The molecule has 2 aliphatic rings. The standard InChI is InChI=1S/C19H21N5/c1-13-3-2-4-15-16(13)19(6-9-20-10-7-19)11-24(15)18-14-5-8-21-17(14)22-12-23-18/h2-5,8,12,20H,6-7,9-11H2,1H3,(H,21,22,23). The molecule has 0 atom stereocenters. The lowest BCUT2D eigenvalue weighted by atomic mass is 9.73. The Kier molecular flexibility index (Phi) is 2.94. The number of aromatic amines is 1. The van der Waals surface area contributed by atoms with Crippen molar-refractivity contribution >= 4 is 22.5 Å². The average molecular weight is 319 g/mol. The van der Waals surface area contributed by atoms with Gasteiger partial charge in [0.05, 0.1) is 5.39 Å². The molecule has 2 N–H and O–H groups in total. The van der Waals surface area contributed by atoms with E-state index in [0.717, 1.165) is 36.5 Å². The van der Waals surface area contributed by atoms with Crippen molar-refractivity contribution in [1.29, 1.82) is 0 Å². The minimum Gasteiger partial charge on any atom is -0.346 e. The summed E-state index contributed by atoms with van der Waals surface area (Å²) in [6.07, 6.45) is 5.97. The molecule has 0 unspecified atom stereocenters. The number of benzene rings is 1. The van der Waals surface area contributed by atoms with Gasteiger partial charge < -0.3 is 15.2 Å². The summed E-state index contributed by atoms with van der Waals surface area (Å²) < 4.78 is 0. The van der Waals surface area contributed by atoms with Crippen LogP contribution in [0.1, 0.15) is 24.0 Å². The maximum absolute atomic E-state index is 4.65. The molecule has 0 amide bonds. The Labute approximate surface area is 141 Å². The van der Waals surface area contributed by atoms with E-state index in [9.17, 15) is 0 Å². The first kappa shape index (κ1) is 14.0. The number of nitrogens with zero attached hydrogens (tertiary/aromatic N) is 3. The van der Waals surface area contributed by atoms with E-state index in [4.69, 9.17) is 0 Å². The van der Waals surface area contributed by atoms with Crippen LogP contribution >= 0.6 is 0 Å². The van der Waals surface area contributed by atoms with E-state index in [0.29, 0.717) is 0 Å². The zero-order valence-electron chi connectivity index (χ0n) is 13.8. The lowest BCUT2D eigenvalue weighted by molar-refractivity contribution is 0.328. The summed E-state index contributed by atoms with van der Waals surface area (Å²) in [5.74, 6) is 1.02. The van der Waals surface area contributed by atoms with Gasteiger partial charge in [-0.15, -0.1) is 0 Å². The fourth-order valence-electron chi connectivity index (χ4n) is 4.61. The van der Waals surface area contributed by atoms with Crippen molar-refractivity contribution in [3.63, 3.8) is 0 Å². The molecule has 1 fully saturated rings. The Morgan fingerprint density at radius 3 is 2.88 bits per heavy atom. The van der Waals surface area contributed by atoms with Gasteiger partial charge in [-0.1, -0.05) is 12.1 Å². The first-order chi connectivity index (χ1) is 11.8. The van der Waals surface area contributed by atoms with E-state index >= 15 is 0 Å². The molecule has 0 aliphatic carbocycles. The van der Waals surface area contributed by atoms with Crippen molar-refractivity contribution in [3.05, 3.63) is 47.9 Å². The second-order valence-electron chi connectivity index (χ2n) is 7.02. The summed E-state index contributed by atoms with van der Waals surface area (Å²) in [6.45, 7) is 5.43. The number of hydrogen-bond donors (Lipinski definition) is 2. The Morgan fingerprint density at radius 1 is 1.12 bits per heavy atom. The van der Waals surface area contributed by atoms with Crippen molar-refractivity contribution < 1.29 is 0 Å². The first-order valence-electron chi connectivity index (χ1n) is 8.65. The van der Waals surface area contributed by atoms with Crippen LogP contribution in [-0.4, -0.2) is 34.6 Å². The zero-order chi connectivity index (χ0) is 16.1. The molecule has 1 saturated heterocycles. The third kappa shape index (κ3) is 1.85. The predicted molar refractivity (Wildman–Crippen MR) is 95.9 cm³/mol. The van der Waals surface area contributed by atoms with Crippen LogP contribution in [0.2, 0.25) is 0 Å². The maximum atomic E-state index is 4.65. The highest BCUT2D eigenvalue weighted by Crippen LogP contribution is 2.50. The van der Waals surface area contributed by atoms with Crippen LogP contribution in [0.25, 0.3) is 11.0 Å². The van der Waals surface area contributed by atoms with Crippen molar-refractivity contribution in [3.8, 4) is 0 Å². The number of nitrogens with one attached hydrogen (secondary N) is 2. The molecule has 0 bridgehead atoms. The average Bonchev–Trinajstić information content (AvgIpc) is 3.20. The molecule has 1 aromatic carbocycles. The maximum Gasteiger partial charge on any atom is 0.145 e. The quantitative estimate of drug-likeness (QED) is 0.724. The minimum absolute atomic E-state index is 0.236. The first-order valence-corrected chi connectivity index (χ1v) is 8.65. The topological polar surface area (TPSA) is 56.8 Å². The number of aromatic nitrogens is 3. The van der Waals surface area contributed by atoms with Crippen LogP contribution in [0.3, 0.4) is 0 Å². The van der Waals surface area contributed by atoms with Crippen LogP contribution in [0.15, 0.2) is 36.8 Å². The fourth-order valence-corrected chi connectivity index (χ4v) is 4.61. The molecule has 122 valence electrons. The van der Waals surface area contributed by atoms with E-state index < -0.39 is 0 Å². The summed E-state index contributed by atoms with van der Waals surface area (Å²) in [5.41, 5.74) is 5.38. The lowest BCUT2D eigenvalue weighted by Crippen LogP contribution is -2.42. The molecule has 24 heavy (non-hydrogen) atoms. The molecule has 5 rings (SSSR count). The van der Waals surface area contributed by atoms with Crippen molar-refractivity contribution in [2.24, 2.45) is 0 Å². The Hall–Kier alpha value is -2.40. The van der Waals surface area contributed by atoms with Crippen LogP contribution < -0.4 is 10.2 Å². The number of anilines is 2. The number of piperidine rings is 1. The largest absolute Gasteiger partial charge is 0.346 e. The molecule has 5 nitrogen and oxygen atoms in total. The van der Waals surface area contributed by atoms with Gasteiger partial charge >= 0.3 is 0 Å². The molecule has 0 radical (unpaired) electrons. The van der Waals surface area contributed by atoms with E-state index in [1.807, 2.05) is 6.20 Å². The number of hydrogen-bond acceptors (Lipinski definition) is 4. The molecule has 2 aromatic heterocycles. The van der Waals surface area contributed by atoms with Crippen LogP contribution in [0.4, 0.5) is 11.5 Å². The van der Waals surface area contributed by atoms with Gasteiger partial charge in [-0.05, 0) is 56.1 Å². The second kappa shape index (κ2) is 5.05. The molecule has 0 saturated carbocycles. The number of fused-ring (bicyclic) bond motifs is 3. The summed E-state index contributed by atoms with van der Waals surface area (Å²) in [5, 5.41) is 4.61. The van der Waals surface area contributed by atoms with Gasteiger partial charge in [0.1, 0.15) is 17.8 Å². The van der Waals surface area contributed by atoms with Gasteiger partial charge in [0, 0.05) is 23.8 Å². The molecule has 5 heteroatoms.